The second-order valence-corrected chi connectivity index (χ2v) is 11.2. The number of amides is 2. The van der Waals surface area contributed by atoms with Gasteiger partial charge < -0.3 is 14.2 Å². The van der Waals surface area contributed by atoms with Gasteiger partial charge in [-0.25, -0.2) is 4.79 Å². The van der Waals surface area contributed by atoms with Crippen LogP contribution in [0.3, 0.4) is 0 Å². The Kier molecular flexibility index (Phi) is 10.7. The summed E-state index contributed by atoms with van der Waals surface area (Å²) in [4.78, 5) is 54.2. The number of nitrogens with one attached hydrogen (secondary N) is 1. The number of unbranched alkanes of at least 4 members (excludes halogenated alkanes) is 1. The van der Waals surface area contributed by atoms with E-state index < -0.39 is 21.9 Å². The summed E-state index contributed by atoms with van der Waals surface area (Å²) in [7, 11) is 0. The molecule has 2 atom stereocenters. The Hall–Kier alpha value is -4.18. The zero-order valence-electron chi connectivity index (χ0n) is 23.7. The van der Waals surface area contributed by atoms with Crippen molar-refractivity contribution in [3.8, 4) is 5.75 Å². The van der Waals surface area contributed by atoms with Crippen molar-refractivity contribution < 1.29 is 33.4 Å². The van der Waals surface area contributed by atoms with Crippen molar-refractivity contribution in [2.75, 3.05) is 6.61 Å². The zero-order chi connectivity index (χ0) is 30.0. The molecule has 1 fully saturated rings. The fourth-order valence-electron chi connectivity index (χ4n) is 4.32. The molecule has 2 amide bonds. The summed E-state index contributed by atoms with van der Waals surface area (Å²) in [6, 6.07) is 19.9. The first-order chi connectivity index (χ1) is 20.3. The van der Waals surface area contributed by atoms with Crippen molar-refractivity contribution in [1.82, 2.24) is 10.3 Å². The summed E-state index contributed by atoms with van der Waals surface area (Å²) < 4.78 is 15.1. The minimum absolute atomic E-state index is 0.000654. The topological polar surface area (TPSA) is 121 Å². The first-order valence-corrected chi connectivity index (χ1v) is 14.7. The van der Waals surface area contributed by atoms with Crippen molar-refractivity contribution in [2.45, 2.75) is 63.4 Å². The van der Waals surface area contributed by atoms with Gasteiger partial charge in [-0.1, -0.05) is 61.9 Å². The maximum absolute atomic E-state index is 13.1. The number of imide groups is 1. The van der Waals surface area contributed by atoms with E-state index in [9.17, 15) is 19.2 Å². The molecule has 1 saturated heterocycles. The largest absolute Gasteiger partial charge is 0.493 e. The molecule has 1 aliphatic rings. The van der Waals surface area contributed by atoms with Gasteiger partial charge in [-0.2, -0.15) is 0 Å². The quantitative estimate of drug-likeness (QED) is 0.191. The molecule has 2 aromatic carbocycles. The SMILES string of the molecule is CCCCC(=O)OC(C)c1ccc(CCOc2ccc(C[C@@]3(C(=O)OCc4ccccc4)SC(=O)NC3=O)cc2)nc1. The number of carbonyl (C=O) groups is 4. The van der Waals surface area contributed by atoms with Gasteiger partial charge in [-0.15, -0.1) is 0 Å². The molecule has 3 aromatic rings. The number of ether oxygens (including phenoxy) is 3. The molecule has 0 spiro atoms. The number of aromatic nitrogens is 1. The number of hydrogen-bond donors (Lipinski definition) is 1. The van der Waals surface area contributed by atoms with Crippen molar-refractivity contribution in [3.05, 3.63) is 95.3 Å². The monoisotopic (exact) mass is 590 g/mol. The van der Waals surface area contributed by atoms with E-state index >= 15 is 0 Å². The molecule has 42 heavy (non-hydrogen) atoms. The summed E-state index contributed by atoms with van der Waals surface area (Å²) >= 11 is 0.646. The molecule has 220 valence electrons. The minimum atomic E-state index is -1.70. The summed E-state index contributed by atoms with van der Waals surface area (Å²) in [6.45, 7) is 4.25. The van der Waals surface area contributed by atoms with Gasteiger partial charge in [0.1, 0.15) is 18.5 Å². The van der Waals surface area contributed by atoms with Gasteiger partial charge in [0.15, 0.2) is 0 Å². The Bertz CT molecular complexity index is 1380. The van der Waals surface area contributed by atoms with Gasteiger partial charge in [-0.05, 0) is 54.4 Å². The second-order valence-electron chi connectivity index (χ2n) is 9.97. The maximum Gasteiger partial charge on any atom is 0.333 e. The van der Waals surface area contributed by atoms with Crippen LogP contribution in [-0.2, 0) is 43.3 Å². The van der Waals surface area contributed by atoms with E-state index in [1.165, 1.54) is 0 Å². The molecule has 1 aliphatic heterocycles. The number of benzene rings is 2. The number of rotatable bonds is 14. The predicted octanol–water partition coefficient (Wildman–Crippen LogP) is 5.51. The Balaban J connectivity index is 1.29. The number of thioether (sulfide) groups is 1. The van der Waals surface area contributed by atoms with Crippen LogP contribution < -0.4 is 10.1 Å². The minimum Gasteiger partial charge on any atom is -0.493 e. The van der Waals surface area contributed by atoms with E-state index in [0.29, 0.717) is 42.5 Å². The average molecular weight is 591 g/mol. The Morgan fingerprint density at radius 3 is 2.40 bits per heavy atom. The van der Waals surface area contributed by atoms with Crippen LogP contribution in [0.2, 0.25) is 0 Å². The standard InChI is InChI=1S/C32H34N2O7S/c1-3-4-10-28(35)41-22(2)25-13-14-26(33-20-25)17-18-39-27-15-11-23(12-16-27)19-32(29(36)34-31(38)42-32)30(37)40-21-24-8-6-5-7-9-24/h5-9,11-16,20,22H,3-4,10,17-19,21H2,1-2H3,(H,34,36,38)/t22?,32-/m1/s1. The van der Waals surface area contributed by atoms with E-state index in [1.54, 1.807) is 30.5 Å². The lowest BCUT2D eigenvalue weighted by Crippen LogP contribution is -2.46. The Morgan fingerprint density at radius 2 is 1.76 bits per heavy atom. The lowest BCUT2D eigenvalue weighted by Gasteiger charge is -2.22. The fourth-order valence-corrected chi connectivity index (χ4v) is 5.31. The summed E-state index contributed by atoms with van der Waals surface area (Å²) in [5, 5.41) is 1.64. The van der Waals surface area contributed by atoms with Gasteiger partial charge in [0.2, 0.25) is 4.75 Å². The summed E-state index contributed by atoms with van der Waals surface area (Å²) in [5.74, 6) is -1.03. The van der Waals surface area contributed by atoms with Gasteiger partial charge >= 0.3 is 11.9 Å². The molecule has 0 bridgehead atoms. The molecule has 0 radical (unpaired) electrons. The zero-order valence-corrected chi connectivity index (χ0v) is 24.5. The summed E-state index contributed by atoms with van der Waals surface area (Å²) in [5.41, 5.74) is 3.13. The van der Waals surface area contributed by atoms with E-state index in [1.807, 2.05) is 56.3 Å². The number of hydrogen-bond acceptors (Lipinski definition) is 9. The van der Waals surface area contributed by atoms with E-state index in [0.717, 1.165) is 29.7 Å². The van der Waals surface area contributed by atoms with Crippen LogP contribution >= 0.6 is 11.8 Å². The molecular weight excluding hydrogens is 556 g/mol. The van der Waals surface area contributed by atoms with Gasteiger partial charge in [-0.3, -0.25) is 24.7 Å². The average Bonchev–Trinajstić information content (AvgIpc) is 3.29. The van der Waals surface area contributed by atoms with Crippen molar-refractivity contribution in [3.63, 3.8) is 0 Å². The highest BCUT2D eigenvalue weighted by Crippen LogP contribution is 2.37. The van der Waals surface area contributed by atoms with Crippen LogP contribution in [0.4, 0.5) is 4.79 Å². The third kappa shape index (κ3) is 8.19. The van der Waals surface area contributed by atoms with Gasteiger partial charge in [0, 0.05) is 36.7 Å². The Labute approximate surface area is 249 Å². The highest BCUT2D eigenvalue weighted by molar-refractivity contribution is 8.16. The van der Waals surface area contributed by atoms with Crippen LogP contribution in [0.25, 0.3) is 0 Å². The molecular formula is C32H34N2O7S. The molecule has 4 rings (SSSR count). The molecule has 0 aliphatic carbocycles. The highest BCUT2D eigenvalue weighted by atomic mass is 32.2. The van der Waals surface area contributed by atoms with Crippen molar-refractivity contribution >= 4 is 34.8 Å². The maximum atomic E-state index is 13.1. The fraction of sp³-hybridized carbons (Fsp3) is 0.344. The highest BCUT2D eigenvalue weighted by Gasteiger charge is 2.55. The van der Waals surface area contributed by atoms with E-state index in [4.69, 9.17) is 14.2 Å². The third-order valence-corrected chi connectivity index (χ3v) is 7.89. The summed E-state index contributed by atoms with van der Waals surface area (Å²) in [6.07, 6.45) is 4.09. The first kappa shape index (κ1) is 30.8. The molecule has 1 aromatic heterocycles. The normalized spacial score (nSPS) is 16.9. The molecule has 2 heterocycles. The van der Waals surface area contributed by atoms with E-state index in [-0.39, 0.29) is 25.1 Å². The van der Waals surface area contributed by atoms with Crippen LogP contribution in [0, 0.1) is 0 Å². The second kappa shape index (κ2) is 14.6. The molecule has 1 N–H and O–H groups in total. The number of pyridine rings is 1. The number of nitrogens with zero attached hydrogens (tertiary/aromatic N) is 1. The molecule has 9 nitrogen and oxygen atoms in total. The van der Waals surface area contributed by atoms with Gasteiger partial charge in [0.05, 0.1) is 6.61 Å². The van der Waals surface area contributed by atoms with Gasteiger partial charge in [0.25, 0.3) is 11.1 Å². The van der Waals surface area contributed by atoms with E-state index in [2.05, 4.69) is 10.3 Å². The Morgan fingerprint density at radius 1 is 1.00 bits per heavy atom. The van der Waals surface area contributed by atoms with Crippen LogP contribution in [-0.4, -0.2) is 39.4 Å². The third-order valence-electron chi connectivity index (χ3n) is 6.75. The van der Waals surface area contributed by atoms with Crippen molar-refractivity contribution in [2.24, 2.45) is 0 Å². The van der Waals surface area contributed by atoms with Crippen LogP contribution in [0.5, 0.6) is 5.75 Å². The molecule has 10 heteroatoms. The van der Waals surface area contributed by atoms with Crippen LogP contribution in [0.15, 0.2) is 72.9 Å². The predicted molar refractivity (Wildman–Crippen MR) is 158 cm³/mol. The smallest absolute Gasteiger partial charge is 0.333 e. The number of esters is 2. The molecule has 0 saturated carbocycles. The van der Waals surface area contributed by atoms with Crippen molar-refractivity contribution in [1.29, 1.82) is 0 Å². The molecule has 1 unspecified atom stereocenters. The lowest BCUT2D eigenvalue weighted by atomic mass is 9.97. The lowest BCUT2D eigenvalue weighted by molar-refractivity contribution is -0.151. The first-order valence-electron chi connectivity index (χ1n) is 13.9. The number of carbonyl (C=O) groups excluding carboxylic acids is 4. The van der Waals surface area contributed by atoms with Crippen LogP contribution in [0.1, 0.15) is 61.6 Å².